The number of rotatable bonds is 5. The van der Waals surface area contributed by atoms with Gasteiger partial charge in [-0.15, -0.1) is 10.2 Å². The van der Waals surface area contributed by atoms with Crippen molar-refractivity contribution < 1.29 is 9.53 Å². The van der Waals surface area contributed by atoms with Crippen LogP contribution in [0.4, 0.5) is 0 Å². The van der Waals surface area contributed by atoms with E-state index in [4.69, 9.17) is 16.3 Å². The van der Waals surface area contributed by atoms with E-state index in [2.05, 4.69) is 10.2 Å². The molecule has 0 radical (unpaired) electrons. The van der Waals surface area contributed by atoms with Gasteiger partial charge in [0.2, 0.25) is 0 Å². The minimum absolute atomic E-state index is 0.311. The zero-order valence-electron chi connectivity index (χ0n) is 14.6. The lowest BCUT2D eigenvalue weighted by Gasteiger charge is -2.14. The smallest absolute Gasteiger partial charge is 0.318 e. The Bertz CT molecular complexity index is 942. The zero-order chi connectivity index (χ0) is 18.7. The fourth-order valence-electron chi connectivity index (χ4n) is 2.57. The van der Waals surface area contributed by atoms with E-state index >= 15 is 0 Å². The van der Waals surface area contributed by atoms with Gasteiger partial charge in [0.05, 0.1) is 17.8 Å². The van der Waals surface area contributed by atoms with Gasteiger partial charge in [-0.05, 0) is 37.6 Å². The molecule has 1 heterocycles. The Morgan fingerprint density at radius 2 is 1.85 bits per heavy atom. The second-order valence-electron chi connectivity index (χ2n) is 5.69. The van der Waals surface area contributed by atoms with E-state index in [1.807, 2.05) is 60.0 Å². The molecule has 26 heavy (non-hydrogen) atoms. The minimum Gasteiger partial charge on any atom is -0.468 e. The molecular weight excluding hydrogens is 370 g/mol. The number of carbonyl (C=O) groups excluding carboxylic acids is 1. The van der Waals surface area contributed by atoms with E-state index in [-0.39, 0.29) is 5.97 Å². The minimum atomic E-state index is -0.411. The number of ether oxygens (including phenoxy) is 1. The third-order valence-corrected chi connectivity index (χ3v) is 5.27. The van der Waals surface area contributed by atoms with Crippen LogP contribution in [0.3, 0.4) is 0 Å². The van der Waals surface area contributed by atoms with Crippen LogP contribution in [-0.2, 0) is 9.53 Å². The molecule has 3 rings (SSSR count). The van der Waals surface area contributed by atoms with E-state index in [9.17, 15) is 4.79 Å². The zero-order valence-corrected chi connectivity index (χ0v) is 16.2. The Kier molecular flexibility index (Phi) is 5.64. The number of aromatic nitrogens is 3. The van der Waals surface area contributed by atoms with Gasteiger partial charge in [0.15, 0.2) is 11.0 Å². The molecule has 0 unspecified atom stereocenters. The van der Waals surface area contributed by atoms with Crippen LogP contribution in [0.1, 0.15) is 12.5 Å². The average molecular weight is 388 g/mol. The van der Waals surface area contributed by atoms with Gasteiger partial charge in [0, 0.05) is 5.56 Å². The highest BCUT2D eigenvalue weighted by Crippen LogP contribution is 2.34. The van der Waals surface area contributed by atoms with Crippen molar-refractivity contribution in [1.29, 1.82) is 0 Å². The highest BCUT2D eigenvalue weighted by atomic mass is 35.5. The number of benzene rings is 2. The maximum absolute atomic E-state index is 11.8. The van der Waals surface area contributed by atoms with Gasteiger partial charge >= 0.3 is 5.97 Å². The number of halogens is 1. The predicted molar refractivity (Wildman–Crippen MR) is 104 cm³/mol. The summed E-state index contributed by atoms with van der Waals surface area (Å²) in [5.74, 6) is 0.318. The van der Waals surface area contributed by atoms with Gasteiger partial charge in [-0.3, -0.25) is 9.36 Å². The SMILES string of the molecule is COC(=O)[C@H](C)Sc1nnc(-c2ccccc2Cl)n1-c1ccccc1C. The molecule has 1 atom stereocenters. The first-order valence-corrected chi connectivity index (χ1v) is 9.29. The third-order valence-electron chi connectivity index (χ3n) is 3.92. The van der Waals surface area contributed by atoms with Crippen LogP contribution >= 0.6 is 23.4 Å². The first kappa shape index (κ1) is 18.5. The predicted octanol–water partition coefficient (Wildman–Crippen LogP) is 4.55. The van der Waals surface area contributed by atoms with E-state index in [0.717, 1.165) is 16.8 Å². The lowest BCUT2D eigenvalue weighted by molar-refractivity contribution is -0.139. The van der Waals surface area contributed by atoms with Gasteiger partial charge in [-0.2, -0.15) is 0 Å². The van der Waals surface area contributed by atoms with Crippen molar-refractivity contribution in [2.45, 2.75) is 24.3 Å². The summed E-state index contributed by atoms with van der Waals surface area (Å²) >= 11 is 7.68. The molecule has 1 aromatic heterocycles. The van der Waals surface area contributed by atoms with Crippen LogP contribution in [0.25, 0.3) is 17.1 Å². The Morgan fingerprint density at radius 1 is 1.15 bits per heavy atom. The Morgan fingerprint density at radius 3 is 2.54 bits per heavy atom. The maximum atomic E-state index is 11.8. The highest BCUT2D eigenvalue weighted by Gasteiger charge is 2.23. The Hall–Kier alpha value is -2.31. The first-order chi connectivity index (χ1) is 12.5. The molecule has 134 valence electrons. The fraction of sp³-hybridized carbons (Fsp3) is 0.211. The van der Waals surface area contributed by atoms with Crippen molar-refractivity contribution in [1.82, 2.24) is 14.8 Å². The Labute approximate surface area is 161 Å². The highest BCUT2D eigenvalue weighted by molar-refractivity contribution is 8.00. The number of hydrogen-bond donors (Lipinski definition) is 0. The van der Waals surface area contributed by atoms with Crippen molar-refractivity contribution >= 4 is 29.3 Å². The van der Waals surface area contributed by atoms with E-state index < -0.39 is 5.25 Å². The quantitative estimate of drug-likeness (QED) is 0.474. The number of carbonyl (C=O) groups is 1. The summed E-state index contributed by atoms with van der Waals surface area (Å²) < 4.78 is 6.76. The molecule has 0 amide bonds. The number of hydrogen-bond acceptors (Lipinski definition) is 5. The molecule has 0 aliphatic rings. The molecule has 5 nitrogen and oxygen atoms in total. The summed E-state index contributed by atoms with van der Waals surface area (Å²) in [4.78, 5) is 11.8. The lowest BCUT2D eigenvalue weighted by atomic mass is 10.1. The van der Waals surface area contributed by atoms with Crippen molar-refractivity contribution in [3.8, 4) is 17.1 Å². The van der Waals surface area contributed by atoms with Crippen LogP contribution in [-0.4, -0.2) is 33.1 Å². The Balaban J connectivity index is 2.17. The summed E-state index contributed by atoms with van der Waals surface area (Å²) in [5, 5.41) is 9.46. The number of thioether (sulfide) groups is 1. The van der Waals surface area contributed by atoms with Gasteiger partial charge < -0.3 is 4.74 Å². The van der Waals surface area contributed by atoms with Crippen molar-refractivity contribution in [2.24, 2.45) is 0 Å². The van der Waals surface area contributed by atoms with Crippen LogP contribution < -0.4 is 0 Å². The van der Waals surface area contributed by atoms with Crippen LogP contribution in [0.5, 0.6) is 0 Å². The molecule has 0 saturated carbocycles. The van der Waals surface area contributed by atoms with Crippen molar-refractivity contribution in [3.63, 3.8) is 0 Å². The standard InChI is InChI=1S/C19H18ClN3O2S/c1-12-8-4-7-11-16(12)23-17(14-9-5-6-10-15(14)20)21-22-19(23)26-13(2)18(24)25-3/h4-11,13H,1-3H3/t13-/m0/s1. The van der Waals surface area contributed by atoms with Gasteiger partial charge in [-0.25, -0.2) is 0 Å². The molecule has 0 N–H and O–H groups in total. The molecule has 0 aliphatic carbocycles. The average Bonchev–Trinajstić information content (AvgIpc) is 3.04. The molecule has 0 aliphatic heterocycles. The van der Waals surface area contributed by atoms with Crippen LogP contribution in [0.15, 0.2) is 53.7 Å². The van der Waals surface area contributed by atoms with E-state index in [1.165, 1.54) is 18.9 Å². The number of methoxy groups -OCH3 is 1. The van der Waals surface area contributed by atoms with Gasteiger partial charge in [0.25, 0.3) is 0 Å². The maximum Gasteiger partial charge on any atom is 0.318 e. The summed E-state index contributed by atoms with van der Waals surface area (Å²) in [6, 6.07) is 15.4. The van der Waals surface area contributed by atoms with Gasteiger partial charge in [-0.1, -0.05) is 53.7 Å². The summed E-state index contributed by atoms with van der Waals surface area (Å²) in [7, 11) is 1.38. The molecular formula is C19H18ClN3O2S. The molecule has 0 spiro atoms. The summed E-state index contributed by atoms with van der Waals surface area (Å²) in [6.07, 6.45) is 0. The van der Waals surface area contributed by atoms with Crippen molar-refractivity contribution in [3.05, 3.63) is 59.1 Å². The van der Waals surface area contributed by atoms with Gasteiger partial charge in [0.1, 0.15) is 5.25 Å². The molecule has 0 fully saturated rings. The molecule has 3 aromatic rings. The van der Waals surface area contributed by atoms with Crippen molar-refractivity contribution in [2.75, 3.05) is 7.11 Å². The second kappa shape index (κ2) is 7.93. The van der Waals surface area contributed by atoms with E-state index in [1.54, 1.807) is 6.92 Å². The molecule has 0 bridgehead atoms. The number of esters is 1. The molecule has 2 aromatic carbocycles. The number of aryl methyl sites for hydroxylation is 1. The summed E-state index contributed by atoms with van der Waals surface area (Å²) in [5.41, 5.74) is 2.78. The fourth-order valence-corrected chi connectivity index (χ4v) is 3.67. The molecule has 0 saturated heterocycles. The number of nitrogens with zero attached hydrogens (tertiary/aromatic N) is 3. The van der Waals surface area contributed by atoms with Crippen LogP contribution in [0, 0.1) is 6.92 Å². The lowest BCUT2D eigenvalue weighted by Crippen LogP contribution is -2.15. The number of para-hydroxylation sites is 1. The largest absolute Gasteiger partial charge is 0.468 e. The second-order valence-corrected chi connectivity index (χ2v) is 7.41. The summed E-state index contributed by atoms with van der Waals surface area (Å²) in [6.45, 7) is 3.80. The normalized spacial score (nSPS) is 12.0. The first-order valence-electron chi connectivity index (χ1n) is 8.03. The van der Waals surface area contributed by atoms with E-state index in [0.29, 0.717) is 16.0 Å². The van der Waals surface area contributed by atoms with Crippen LogP contribution in [0.2, 0.25) is 5.02 Å². The monoisotopic (exact) mass is 387 g/mol. The molecule has 7 heteroatoms. The topological polar surface area (TPSA) is 57.0 Å². The third kappa shape index (κ3) is 3.61.